The summed E-state index contributed by atoms with van der Waals surface area (Å²) >= 11 is 0. The van der Waals surface area contributed by atoms with E-state index in [0.29, 0.717) is 11.2 Å². The largest absolute Gasteiger partial charge is 0.383 e. The molecular weight excluding hydrogens is 765 g/mol. The second-order valence-electron chi connectivity index (χ2n) is 14.1. The number of nitrogen functional groups attached to an aromatic ring is 2. The van der Waals surface area contributed by atoms with E-state index >= 15 is 4.57 Å². The third-order valence-electron chi connectivity index (χ3n) is 9.41. The fraction of sp³-hybridized carbons (Fsp3) is 0.700. The van der Waals surface area contributed by atoms with Crippen molar-refractivity contribution in [3.63, 3.8) is 0 Å². The summed E-state index contributed by atoms with van der Waals surface area (Å²) in [7, 11) is -2.69. The molecule has 0 saturated carbocycles. The number of aromatic nitrogens is 6. The lowest BCUT2D eigenvalue weighted by Crippen LogP contribution is -2.50. The molecule has 0 amide bonds. The molecule has 0 aromatic carbocycles. The van der Waals surface area contributed by atoms with Crippen LogP contribution in [0.3, 0.4) is 0 Å². The number of ether oxygens (including phenoxy) is 2. The van der Waals surface area contributed by atoms with Crippen molar-refractivity contribution in [2.45, 2.75) is 63.7 Å². The van der Waals surface area contributed by atoms with Crippen LogP contribution in [0, 0.1) is 0 Å². The van der Waals surface area contributed by atoms with Gasteiger partial charge in [-0.25, -0.2) is 38.4 Å². The molecule has 21 nitrogen and oxygen atoms in total. The molecule has 54 heavy (non-hydrogen) atoms. The first-order valence-corrected chi connectivity index (χ1v) is 22.3. The molecule has 2 fully saturated rings. The van der Waals surface area contributed by atoms with Crippen molar-refractivity contribution in [3.05, 3.63) is 35.4 Å². The Morgan fingerprint density at radius 2 is 1.39 bits per heavy atom. The number of fused-ring (bicyclic) bond motifs is 1. The van der Waals surface area contributed by atoms with Crippen molar-refractivity contribution in [1.29, 1.82) is 0 Å². The second kappa shape index (κ2) is 16.8. The molecule has 24 heteroatoms. The SMILES string of the molecule is COP(=O)(N(C)C)N1CC(COP(=O)(N(C)C)N2CC(COP(=O)(C(C)C)C(C)C)OC(n3ccc(N)nc3=O)C2)OC(n2cnc3c(N)ncnc32)C1. The third kappa shape index (κ3) is 8.53. The van der Waals surface area contributed by atoms with Gasteiger partial charge in [0.05, 0.1) is 44.8 Å². The van der Waals surface area contributed by atoms with E-state index in [1.807, 2.05) is 27.7 Å². The van der Waals surface area contributed by atoms with Crippen LogP contribution in [-0.4, -0.2) is 146 Å². The fourth-order valence-electron chi connectivity index (χ4n) is 6.48. The van der Waals surface area contributed by atoms with E-state index in [4.69, 9.17) is 34.5 Å². The van der Waals surface area contributed by atoms with Gasteiger partial charge in [0.15, 0.2) is 17.7 Å². The van der Waals surface area contributed by atoms with Crippen molar-refractivity contribution >= 4 is 45.5 Å². The van der Waals surface area contributed by atoms with Gasteiger partial charge in [-0.2, -0.15) is 4.98 Å². The molecule has 6 atom stereocenters. The molecule has 0 bridgehead atoms. The number of hydrogen-bond acceptors (Lipinski definition) is 15. The highest BCUT2D eigenvalue weighted by atomic mass is 31.2. The Bertz CT molecular complexity index is 1970. The highest BCUT2D eigenvalue weighted by molar-refractivity contribution is 7.60. The number of nitrogens with two attached hydrogens (primary N) is 2. The summed E-state index contributed by atoms with van der Waals surface area (Å²) in [6.45, 7) is 7.24. The number of nitrogens with zero attached hydrogens (tertiary/aromatic N) is 10. The normalized spacial score (nSPS) is 24.5. The van der Waals surface area contributed by atoms with Crippen molar-refractivity contribution in [1.82, 2.24) is 47.8 Å². The van der Waals surface area contributed by atoms with Crippen LogP contribution in [0.15, 0.2) is 29.7 Å². The first-order valence-electron chi connectivity index (χ1n) is 17.4. The van der Waals surface area contributed by atoms with Crippen molar-refractivity contribution < 1.29 is 36.7 Å². The number of hydrogen-bond donors (Lipinski definition) is 2. The molecular formula is C30H53N12O9P3. The number of rotatable bonds is 15. The van der Waals surface area contributed by atoms with Crippen LogP contribution in [0.25, 0.3) is 11.2 Å². The predicted octanol–water partition coefficient (Wildman–Crippen LogP) is 2.76. The highest BCUT2D eigenvalue weighted by Crippen LogP contribution is 2.58. The monoisotopic (exact) mass is 818 g/mol. The summed E-state index contributed by atoms with van der Waals surface area (Å²) in [6, 6.07) is 1.46. The van der Waals surface area contributed by atoms with E-state index in [-0.39, 0.29) is 62.3 Å². The predicted molar refractivity (Wildman–Crippen MR) is 203 cm³/mol. The zero-order chi connectivity index (χ0) is 39.7. The van der Waals surface area contributed by atoms with Crippen LogP contribution in [0.2, 0.25) is 0 Å². The quantitative estimate of drug-likeness (QED) is 0.210. The van der Waals surface area contributed by atoms with Crippen LogP contribution in [-0.2, 0) is 36.7 Å². The van der Waals surface area contributed by atoms with Crippen molar-refractivity contribution in [2.24, 2.45) is 0 Å². The average Bonchev–Trinajstić information content (AvgIpc) is 3.57. The van der Waals surface area contributed by atoms with Crippen LogP contribution in [0.5, 0.6) is 0 Å². The lowest BCUT2D eigenvalue weighted by Gasteiger charge is -2.45. The molecule has 5 rings (SSSR count). The maximum absolute atomic E-state index is 15.1. The van der Waals surface area contributed by atoms with Gasteiger partial charge in [0.2, 0.25) is 7.37 Å². The number of anilines is 2. The minimum atomic E-state index is -3.93. The van der Waals surface area contributed by atoms with Crippen LogP contribution in [0.1, 0.15) is 40.2 Å². The molecule has 3 aromatic heterocycles. The number of imidazole rings is 1. The minimum absolute atomic E-state index is 0.0348. The molecule has 0 spiro atoms. The van der Waals surface area contributed by atoms with Gasteiger partial charge in [0.25, 0.3) is 0 Å². The Morgan fingerprint density at radius 1 is 0.833 bits per heavy atom. The summed E-state index contributed by atoms with van der Waals surface area (Å²) in [4.78, 5) is 29.6. The second-order valence-corrected chi connectivity index (χ2v) is 23.0. The van der Waals surface area contributed by atoms with Gasteiger partial charge in [-0.3, -0.25) is 22.8 Å². The lowest BCUT2D eigenvalue weighted by atomic mass is 10.3. The Balaban J connectivity index is 1.45. The highest BCUT2D eigenvalue weighted by Gasteiger charge is 2.46. The van der Waals surface area contributed by atoms with Gasteiger partial charge < -0.3 is 34.5 Å². The molecule has 0 radical (unpaired) electrons. The summed E-state index contributed by atoms with van der Waals surface area (Å²) < 4.78 is 83.1. The summed E-state index contributed by atoms with van der Waals surface area (Å²) in [5.74, 6) is 0.225. The van der Waals surface area contributed by atoms with E-state index in [1.54, 1.807) is 42.1 Å². The first kappa shape index (κ1) is 42.5. The van der Waals surface area contributed by atoms with Crippen LogP contribution >= 0.6 is 22.7 Å². The molecule has 302 valence electrons. The molecule has 2 saturated heterocycles. The minimum Gasteiger partial charge on any atom is -0.383 e. The van der Waals surface area contributed by atoms with Gasteiger partial charge in [-0.05, 0) is 34.3 Å². The average molecular weight is 819 g/mol. The van der Waals surface area contributed by atoms with E-state index in [1.165, 1.54) is 45.9 Å². The molecule has 2 aliphatic heterocycles. The summed E-state index contributed by atoms with van der Waals surface area (Å²) in [5, 5.41) is 0. The van der Waals surface area contributed by atoms with Crippen molar-refractivity contribution in [3.8, 4) is 0 Å². The topological polar surface area (TPSA) is 241 Å². The maximum atomic E-state index is 15.1. The van der Waals surface area contributed by atoms with Gasteiger partial charge >= 0.3 is 21.0 Å². The molecule has 3 aromatic rings. The van der Waals surface area contributed by atoms with Gasteiger partial charge in [-0.1, -0.05) is 27.7 Å². The molecule has 6 unspecified atom stereocenters. The van der Waals surface area contributed by atoms with E-state index in [0.717, 1.165) is 0 Å². The van der Waals surface area contributed by atoms with E-state index in [9.17, 15) is 13.9 Å². The Kier molecular flexibility index (Phi) is 13.3. The zero-order valence-corrected chi connectivity index (χ0v) is 34.8. The molecule has 5 heterocycles. The Hall–Kier alpha value is -2.64. The van der Waals surface area contributed by atoms with E-state index < -0.39 is 53.1 Å². The Morgan fingerprint density at radius 3 is 1.93 bits per heavy atom. The summed E-state index contributed by atoms with van der Waals surface area (Å²) in [6.07, 6.45) is 0.944. The van der Waals surface area contributed by atoms with Crippen LogP contribution < -0.4 is 17.2 Å². The molecule has 4 N–H and O–H groups in total. The maximum Gasteiger partial charge on any atom is 0.351 e. The molecule has 0 aliphatic carbocycles. The smallest absolute Gasteiger partial charge is 0.351 e. The van der Waals surface area contributed by atoms with Crippen LogP contribution in [0.4, 0.5) is 11.6 Å². The molecule has 2 aliphatic rings. The number of morpholine rings is 2. The standard InChI is InChI=1S/C30H53N12O9P3/c1-20(2)52(44,21(3)4)48-16-22-13-40(14-25(50-22)41-11-10-24(31)36-30(41)43)54(46,38(7)8)49-17-23-12-39(53(45,47-9)37(5)6)15-26(51-23)42-19-35-27-28(32)33-18-34-29(27)42/h10-11,18-23,25-26H,12-17H2,1-9H3,(H2,31,36,43)(H2,32,33,34). The van der Waals surface area contributed by atoms with Gasteiger partial charge in [0.1, 0.15) is 23.9 Å². The third-order valence-corrected chi connectivity index (χ3v) is 17.9. The van der Waals surface area contributed by atoms with Crippen molar-refractivity contribution in [2.75, 3.05) is 86.2 Å². The summed E-state index contributed by atoms with van der Waals surface area (Å²) in [5.41, 5.74) is 11.4. The van der Waals surface area contributed by atoms with Gasteiger partial charge in [-0.15, -0.1) is 0 Å². The van der Waals surface area contributed by atoms with E-state index in [2.05, 4.69) is 19.9 Å². The zero-order valence-electron chi connectivity index (χ0n) is 32.2. The fourth-order valence-corrected chi connectivity index (χ4v) is 12.5. The lowest BCUT2D eigenvalue weighted by molar-refractivity contribution is -0.126. The van der Waals surface area contributed by atoms with Gasteiger partial charge in [0, 0.05) is 37.7 Å². The first-order chi connectivity index (χ1) is 25.3. The Labute approximate surface area is 314 Å².